The van der Waals surface area contributed by atoms with Gasteiger partial charge in [-0.25, -0.2) is 13.6 Å². The lowest BCUT2D eigenvalue weighted by Gasteiger charge is -2.12. The summed E-state index contributed by atoms with van der Waals surface area (Å²) in [6.07, 6.45) is 1.17. The second-order valence-electron chi connectivity index (χ2n) is 3.27. The van der Waals surface area contributed by atoms with E-state index >= 15 is 0 Å². The fourth-order valence-corrected chi connectivity index (χ4v) is 3.14. The van der Waals surface area contributed by atoms with Crippen molar-refractivity contribution in [3.8, 4) is 0 Å². The van der Waals surface area contributed by atoms with Crippen LogP contribution < -0.4 is 5.14 Å². The number of aryl methyl sites for hydroxylation is 1. The van der Waals surface area contributed by atoms with Crippen LogP contribution >= 0.6 is 11.6 Å². The molecule has 5 heteroatoms. The van der Waals surface area contributed by atoms with Gasteiger partial charge in [0.25, 0.3) is 0 Å². The molecule has 0 aromatic heterocycles. The molecule has 1 rings (SSSR count). The van der Waals surface area contributed by atoms with Gasteiger partial charge in [-0.1, -0.05) is 31.5 Å². The van der Waals surface area contributed by atoms with E-state index in [1.54, 1.807) is 12.1 Å². The predicted octanol–water partition coefficient (Wildman–Crippen LogP) is 2.11. The van der Waals surface area contributed by atoms with Gasteiger partial charge in [0, 0.05) is 5.02 Å². The summed E-state index contributed by atoms with van der Waals surface area (Å²) in [5.74, 6) is 0. The highest BCUT2D eigenvalue weighted by Crippen LogP contribution is 2.27. The summed E-state index contributed by atoms with van der Waals surface area (Å²) in [6, 6.07) is 3.43. The van der Waals surface area contributed by atoms with Crippen molar-refractivity contribution in [2.24, 2.45) is 5.14 Å². The molecule has 0 spiro atoms. The SMILES string of the molecule is CCc1ccc(Cl)c(CC)c1S(N)(=O)=O. The summed E-state index contributed by atoms with van der Waals surface area (Å²) in [4.78, 5) is 0.194. The highest BCUT2D eigenvalue weighted by atomic mass is 35.5. The lowest BCUT2D eigenvalue weighted by Crippen LogP contribution is -2.17. The number of rotatable bonds is 3. The average molecular weight is 248 g/mol. The van der Waals surface area contributed by atoms with E-state index in [0.29, 0.717) is 23.4 Å². The maximum absolute atomic E-state index is 11.5. The smallest absolute Gasteiger partial charge is 0.225 e. The number of hydrogen-bond acceptors (Lipinski definition) is 2. The Hall–Kier alpha value is -0.580. The maximum atomic E-state index is 11.5. The van der Waals surface area contributed by atoms with Crippen molar-refractivity contribution >= 4 is 21.6 Å². The highest BCUT2D eigenvalue weighted by molar-refractivity contribution is 7.89. The zero-order chi connectivity index (χ0) is 11.6. The Morgan fingerprint density at radius 2 is 1.87 bits per heavy atom. The van der Waals surface area contributed by atoms with Crippen LogP contribution in [0.2, 0.25) is 5.02 Å². The first kappa shape index (κ1) is 12.5. The molecule has 0 aliphatic heterocycles. The second kappa shape index (κ2) is 4.51. The molecular formula is C10H14ClNO2S. The van der Waals surface area contributed by atoms with Crippen LogP contribution in [0.4, 0.5) is 0 Å². The third-order valence-electron chi connectivity index (χ3n) is 2.30. The molecule has 0 saturated carbocycles. The fourth-order valence-electron chi connectivity index (χ4n) is 1.61. The number of halogens is 1. The van der Waals surface area contributed by atoms with E-state index in [-0.39, 0.29) is 4.90 Å². The molecule has 0 saturated heterocycles. The first-order valence-corrected chi connectivity index (χ1v) is 6.67. The molecule has 0 aliphatic rings. The molecule has 0 fully saturated rings. The molecule has 0 heterocycles. The summed E-state index contributed by atoms with van der Waals surface area (Å²) in [5, 5.41) is 5.65. The molecule has 2 N–H and O–H groups in total. The van der Waals surface area contributed by atoms with Crippen molar-refractivity contribution in [3.63, 3.8) is 0 Å². The molecule has 0 atom stereocenters. The van der Waals surface area contributed by atoms with Gasteiger partial charge in [-0.3, -0.25) is 0 Å². The Balaban J connectivity index is 3.63. The second-order valence-corrected chi connectivity index (χ2v) is 5.17. The van der Waals surface area contributed by atoms with Crippen molar-refractivity contribution in [3.05, 3.63) is 28.3 Å². The summed E-state index contributed by atoms with van der Waals surface area (Å²) in [5.41, 5.74) is 1.33. The van der Waals surface area contributed by atoms with E-state index in [9.17, 15) is 8.42 Å². The number of primary sulfonamides is 1. The van der Waals surface area contributed by atoms with E-state index in [2.05, 4.69) is 0 Å². The third-order valence-corrected chi connectivity index (χ3v) is 3.74. The molecule has 0 radical (unpaired) electrons. The molecule has 0 bridgehead atoms. The van der Waals surface area contributed by atoms with Gasteiger partial charge in [-0.05, 0) is 30.0 Å². The van der Waals surface area contributed by atoms with Crippen molar-refractivity contribution < 1.29 is 8.42 Å². The minimum Gasteiger partial charge on any atom is -0.225 e. The van der Waals surface area contributed by atoms with Crippen LogP contribution in [-0.2, 0) is 22.9 Å². The van der Waals surface area contributed by atoms with Crippen LogP contribution in [-0.4, -0.2) is 8.42 Å². The number of nitrogens with two attached hydrogens (primary N) is 1. The van der Waals surface area contributed by atoms with Gasteiger partial charge in [0.1, 0.15) is 0 Å². The molecule has 0 amide bonds. The normalized spacial score (nSPS) is 11.7. The quantitative estimate of drug-likeness (QED) is 0.889. The third kappa shape index (κ3) is 2.51. The van der Waals surface area contributed by atoms with Gasteiger partial charge in [0.2, 0.25) is 10.0 Å². The van der Waals surface area contributed by atoms with Gasteiger partial charge in [-0.2, -0.15) is 0 Å². The first-order chi connectivity index (χ1) is 6.91. The number of sulfonamides is 1. The summed E-state index contributed by atoms with van der Waals surface area (Å²) < 4.78 is 22.9. The molecule has 0 unspecified atom stereocenters. The molecule has 15 heavy (non-hydrogen) atoms. The summed E-state index contributed by atoms with van der Waals surface area (Å²) in [7, 11) is -3.70. The van der Waals surface area contributed by atoms with E-state index < -0.39 is 10.0 Å². The van der Waals surface area contributed by atoms with Gasteiger partial charge in [0.15, 0.2) is 0 Å². The topological polar surface area (TPSA) is 60.2 Å². The standard InChI is InChI=1S/C10H14ClNO2S/c1-3-7-5-6-9(11)8(4-2)10(7)15(12,13)14/h5-6H,3-4H2,1-2H3,(H2,12,13,14). The van der Waals surface area contributed by atoms with Gasteiger partial charge >= 0.3 is 0 Å². The van der Waals surface area contributed by atoms with Gasteiger partial charge in [0.05, 0.1) is 4.90 Å². The minimum atomic E-state index is -3.70. The number of hydrogen-bond donors (Lipinski definition) is 1. The molecule has 1 aromatic carbocycles. The Morgan fingerprint density at radius 1 is 1.27 bits per heavy atom. The highest BCUT2D eigenvalue weighted by Gasteiger charge is 2.19. The van der Waals surface area contributed by atoms with Crippen LogP contribution in [0.25, 0.3) is 0 Å². The zero-order valence-electron chi connectivity index (χ0n) is 8.75. The Morgan fingerprint density at radius 3 is 2.27 bits per heavy atom. The molecule has 84 valence electrons. The summed E-state index contributed by atoms with van der Waals surface area (Å²) in [6.45, 7) is 3.74. The minimum absolute atomic E-state index is 0.194. The van der Waals surface area contributed by atoms with Crippen LogP contribution in [0.1, 0.15) is 25.0 Å². The van der Waals surface area contributed by atoms with E-state index in [4.69, 9.17) is 16.7 Å². The Labute approximate surface area is 95.3 Å². The molecule has 0 aliphatic carbocycles. The van der Waals surface area contributed by atoms with E-state index in [1.165, 1.54) is 0 Å². The summed E-state index contributed by atoms with van der Waals surface area (Å²) >= 11 is 5.94. The van der Waals surface area contributed by atoms with Gasteiger partial charge in [-0.15, -0.1) is 0 Å². The predicted molar refractivity (Wildman–Crippen MR) is 61.6 cm³/mol. The first-order valence-electron chi connectivity index (χ1n) is 4.74. The maximum Gasteiger partial charge on any atom is 0.238 e. The van der Waals surface area contributed by atoms with E-state index in [1.807, 2.05) is 13.8 Å². The van der Waals surface area contributed by atoms with Crippen molar-refractivity contribution in [2.45, 2.75) is 31.6 Å². The largest absolute Gasteiger partial charge is 0.238 e. The lowest BCUT2D eigenvalue weighted by molar-refractivity contribution is 0.595. The van der Waals surface area contributed by atoms with E-state index in [0.717, 1.165) is 5.56 Å². The van der Waals surface area contributed by atoms with Gasteiger partial charge < -0.3 is 0 Å². The van der Waals surface area contributed by atoms with Crippen LogP contribution in [0.3, 0.4) is 0 Å². The lowest BCUT2D eigenvalue weighted by atomic mass is 10.1. The average Bonchev–Trinajstić information content (AvgIpc) is 2.15. The van der Waals surface area contributed by atoms with Crippen molar-refractivity contribution in [1.82, 2.24) is 0 Å². The molecule has 3 nitrogen and oxygen atoms in total. The molecule has 1 aromatic rings. The fraction of sp³-hybridized carbons (Fsp3) is 0.400. The Bertz CT molecular complexity index is 469. The van der Waals surface area contributed by atoms with Crippen LogP contribution in [0.5, 0.6) is 0 Å². The number of benzene rings is 1. The zero-order valence-corrected chi connectivity index (χ0v) is 10.3. The van der Waals surface area contributed by atoms with Crippen LogP contribution in [0.15, 0.2) is 17.0 Å². The Kier molecular flexibility index (Phi) is 3.76. The van der Waals surface area contributed by atoms with Crippen LogP contribution in [0, 0.1) is 0 Å². The van der Waals surface area contributed by atoms with Crippen molar-refractivity contribution in [2.75, 3.05) is 0 Å². The van der Waals surface area contributed by atoms with Crippen molar-refractivity contribution in [1.29, 1.82) is 0 Å². The molecular weight excluding hydrogens is 234 g/mol. The monoisotopic (exact) mass is 247 g/mol.